The maximum absolute atomic E-state index is 12.2. The number of guanidine groups is 1. The zero-order chi connectivity index (χ0) is 17.9. The number of hydrogen-bond acceptors (Lipinski definition) is 3. The van der Waals surface area contributed by atoms with Crippen LogP contribution in [-0.2, 0) is 6.54 Å². The van der Waals surface area contributed by atoms with E-state index in [0.29, 0.717) is 6.54 Å². The summed E-state index contributed by atoms with van der Waals surface area (Å²) in [6, 6.07) is 6.66. The minimum Gasteiger partial charge on any atom is -0.435 e. The minimum absolute atomic E-state index is 0.166. The Hall–Kier alpha value is -1.89. The number of nitrogens with one attached hydrogen (secondary N) is 1. The Morgan fingerprint density at radius 2 is 1.88 bits per heavy atom. The monoisotopic (exact) mass is 342 g/mol. The van der Waals surface area contributed by atoms with Gasteiger partial charge in [0.25, 0.3) is 0 Å². The normalized spacial score (nSPS) is 11.9. The summed E-state index contributed by atoms with van der Waals surface area (Å²) in [4.78, 5) is 8.84. The topological polar surface area (TPSA) is 40.1 Å². The van der Waals surface area contributed by atoms with E-state index in [2.05, 4.69) is 33.9 Å². The van der Waals surface area contributed by atoms with E-state index in [1.807, 2.05) is 18.9 Å². The lowest BCUT2D eigenvalue weighted by molar-refractivity contribution is -0.0498. The highest BCUT2D eigenvalue weighted by atomic mass is 19.3. The van der Waals surface area contributed by atoms with Crippen LogP contribution in [0.1, 0.15) is 19.4 Å². The van der Waals surface area contributed by atoms with Gasteiger partial charge in [0.1, 0.15) is 5.75 Å². The Kier molecular flexibility index (Phi) is 9.07. The number of nitrogens with zero attached hydrogens (tertiary/aromatic N) is 3. The predicted molar refractivity (Wildman–Crippen MR) is 93.7 cm³/mol. The van der Waals surface area contributed by atoms with Gasteiger partial charge < -0.3 is 19.9 Å². The average Bonchev–Trinajstić information content (AvgIpc) is 2.55. The second-order valence-electron chi connectivity index (χ2n) is 5.51. The minimum atomic E-state index is -2.80. The highest BCUT2D eigenvalue weighted by molar-refractivity contribution is 5.79. The van der Waals surface area contributed by atoms with Crippen molar-refractivity contribution in [2.75, 3.05) is 40.3 Å². The van der Waals surface area contributed by atoms with Crippen molar-refractivity contribution in [1.82, 2.24) is 15.1 Å². The maximum atomic E-state index is 12.2. The zero-order valence-electron chi connectivity index (χ0n) is 14.9. The molecule has 0 amide bonds. The number of aliphatic imine (C=N–C) groups is 1. The molecule has 0 heterocycles. The van der Waals surface area contributed by atoms with Gasteiger partial charge in [0.15, 0.2) is 5.96 Å². The van der Waals surface area contributed by atoms with Crippen LogP contribution in [0.5, 0.6) is 5.75 Å². The molecule has 1 aromatic carbocycles. The summed E-state index contributed by atoms with van der Waals surface area (Å²) >= 11 is 0. The van der Waals surface area contributed by atoms with E-state index in [-0.39, 0.29) is 5.75 Å². The maximum Gasteiger partial charge on any atom is 0.387 e. The van der Waals surface area contributed by atoms with Crippen LogP contribution < -0.4 is 10.1 Å². The van der Waals surface area contributed by atoms with Crippen LogP contribution in [0.2, 0.25) is 0 Å². The molecule has 0 aliphatic heterocycles. The van der Waals surface area contributed by atoms with E-state index in [1.165, 1.54) is 0 Å². The molecular formula is C17H28F2N4O. The van der Waals surface area contributed by atoms with Crippen molar-refractivity contribution in [2.24, 2.45) is 4.99 Å². The number of alkyl halides is 2. The lowest BCUT2D eigenvalue weighted by Crippen LogP contribution is -2.39. The third-order valence-electron chi connectivity index (χ3n) is 3.55. The molecule has 0 spiro atoms. The second-order valence-corrected chi connectivity index (χ2v) is 5.51. The van der Waals surface area contributed by atoms with Crippen molar-refractivity contribution in [3.8, 4) is 5.75 Å². The number of ether oxygens (including phenoxy) is 1. The molecule has 136 valence electrons. The predicted octanol–water partition coefficient (Wildman–Crippen LogP) is 2.64. The van der Waals surface area contributed by atoms with E-state index >= 15 is 0 Å². The molecule has 0 aliphatic rings. The first kappa shape index (κ1) is 20.2. The van der Waals surface area contributed by atoms with Crippen molar-refractivity contribution < 1.29 is 13.5 Å². The Morgan fingerprint density at radius 3 is 2.42 bits per heavy atom. The van der Waals surface area contributed by atoms with Crippen LogP contribution in [0.3, 0.4) is 0 Å². The first-order valence-electron chi connectivity index (χ1n) is 8.18. The summed E-state index contributed by atoms with van der Waals surface area (Å²) in [6.07, 6.45) is 0. The lowest BCUT2D eigenvalue weighted by atomic mass is 10.2. The standard InChI is InChI=1S/C17H28F2N4O/c1-5-20-17(21-11-12-22(3)6-2)23(4)13-14-7-9-15(10-8-14)24-16(18)19/h7-10,16H,5-6,11-13H2,1-4H3,(H,20,21). The van der Waals surface area contributed by atoms with Gasteiger partial charge in [-0.25, -0.2) is 0 Å². The smallest absolute Gasteiger partial charge is 0.387 e. The van der Waals surface area contributed by atoms with E-state index < -0.39 is 6.61 Å². The fraction of sp³-hybridized carbons (Fsp3) is 0.588. The van der Waals surface area contributed by atoms with E-state index in [1.54, 1.807) is 24.3 Å². The molecule has 0 saturated heterocycles. The van der Waals surface area contributed by atoms with Gasteiger partial charge in [0, 0.05) is 26.7 Å². The fourth-order valence-corrected chi connectivity index (χ4v) is 2.08. The van der Waals surface area contributed by atoms with Gasteiger partial charge in [-0.15, -0.1) is 0 Å². The Labute approximate surface area is 143 Å². The third kappa shape index (κ3) is 7.59. The van der Waals surface area contributed by atoms with Crippen LogP contribution in [-0.4, -0.2) is 62.6 Å². The molecular weight excluding hydrogens is 314 g/mol. The quantitative estimate of drug-likeness (QED) is 0.553. The van der Waals surface area contributed by atoms with Crippen molar-refractivity contribution in [2.45, 2.75) is 27.0 Å². The summed E-state index contributed by atoms with van der Waals surface area (Å²) in [5, 5.41) is 3.27. The molecule has 0 aliphatic carbocycles. The Morgan fingerprint density at radius 1 is 1.21 bits per heavy atom. The number of hydrogen-bond donors (Lipinski definition) is 1. The summed E-state index contributed by atoms with van der Waals surface area (Å²) < 4.78 is 28.7. The number of rotatable bonds is 9. The lowest BCUT2D eigenvalue weighted by Gasteiger charge is -2.22. The van der Waals surface area contributed by atoms with E-state index in [4.69, 9.17) is 0 Å². The van der Waals surface area contributed by atoms with Gasteiger partial charge in [-0.05, 0) is 38.2 Å². The Balaban J connectivity index is 2.63. The molecule has 0 saturated carbocycles. The van der Waals surface area contributed by atoms with Gasteiger partial charge >= 0.3 is 6.61 Å². The highest BCUT2D eigenvalue weighted by Gasteiger charge is 2.08. The molecule has 7 heteroatoms. The number of halogens is 2. The molecule has 1 aromatic rings. The van der Waals surface area contributed by atoms with Gasteiger partial charge in [-0.3, -0.25) is 4.99 Å². The molecule has 0 aromatic heterocycles. The van der Waals surface area contributed by atoms with Crippen molar-refractivity contribution in [1.29, 1.82) is 0 Å². The highest BCUT2D eigenvalue weighted by Crippen LogP contribution is 2.15. The SMILES string of the molecule is CCNC(=NCCN(C)CC)N(C)Cc1ccc(OC(F)F)cc1. The van der Waals surface area contributed by atoms with Gasteiger partial charge in [0.05, 0.1) is 6.54 Å². The van der Waals surface area contributed by atoms with Crippen molar-refractivity contribution >= 4 is 5.96 Å². The molecule has 0 bridgehead atoms. The van der Waals surface area contributed by atoms with Crippen LogP contribution >= 0.6 is 0 Å². The summed E-state index contributed by atoms with van der Waals surface area (Å²) in [5.41, 5.74) is 0.996. The number of likely N-dealkylation sites (N-methyl/N-ethyl adjacent to an activating group) is 1. The Bertz CT molecular complexity index is 494. The number of benzene rings is 1. The largest absolute Gasteiger partial charge is 0.435 e. The van der Waals surface area contributed by atoms with Crippen LogP contribution in [0.4, 0.5) is 8.78 Å². The van der Waals surface area contributed by atoms with Gasteiger partial charge in [-0.2, -0.15) is 8.78 Å². The molecule has 1 N–H and O–H groups in total. The van der Waals surface area contributed by atoms with Crippen LogP contribution in [0.15, 0.2) is 29.3 Å². The van der Waals surface area contributed by atoms with Crippen LogP contribution in [0, 0.1) is 0 Å². The van der Waals surface area contributed by atoms with E-state index in [9.17, 15) is 8.78 Å². The summed E-state index contributed by atoms with van der Waals surface area (Å²) in [6.45, 7) is 5.37. The fourth-order valence-electron chi connectivity index (χ4n) is 2.08. The average molecular weight is 342 g/mol. The van der Waals surface area contributed by atoms with Crippen molar-refractivity contribution in [3.63, 3.8) is 0 Å². The van der Waals surface area contributed by atoms with Crippen molar-refractivity contribution in [3.05, 3.63) is 29.8 Å². The van der Waals surface area contributed by atoms with E-state index in [0.717, 1.165) is 37.7 Å². The molecule has 5 nitrogen and oxygen atoms in total. The summed E-state index contributed by atoms with van der Waals surface area (Å²) in [7, 11) is 4.02. The first-order chi connectivity index (χ1) is 11.5. The molecule has 0 unspecified atom stereocenters. The second kappa shape index (κ2) is 10.8. The molecule has 1 rings (SSSR count). The van der Waals surface area contributed by atoms with Crippen LogP contribution in [0.25, 0.3) is 0 Å². The van der Waals surface area contributed by atoms with Gasteiger partial charge in [-0.1, -0.05) is 19.1 Å². The molecule has 0 fully saturated rings. The molecule has 24 heavy (non-hydrogen) atoms. The molecule has 0 atom stereocenters. The zero-order valence-corrected chi connectivity index (χ0v) is 14.9. The summed E-state index contributed by atoms with van der Waals surface area (Å²) in [5.74, 6) is 0.995. The molecule has 0 radical (unpaired) electrons. The first-order valence-corrected chi connectivity index (χ1v) is 8.18. The van der Waals surface area contributed by atoms with Gasteiger partial charge in [0.2, 0.25) is 0 Å². The third-order valence-corrected chi connectivity index (χ3v) is 3.55.